The minimum atomic E-state index is 0.581. The molecule has 12 heavy (non-hydrogen) atoms. The predicted octanol–water partition coefficient (Wildman–Crippen LogP) is 1.66. The Hall–Kier alpha value is -0.0800. The van der Waals surface area contributed by atoms with Crippen LogP contribution in [-0.2, 0) is 4.74 Å². The fourth-order valence-corrected chi connectivity index (χ4v) is 1.92. The molecule has 0 aliphatic carbocycles. The van der Waals surface area contributed by atoms with Crippen LogP contribution in [0.2, 0.25) is 0 Å². The lowest BCUT2D eigenvalue weighted by molar-refractivity contribution is -0.000186. The van der Waals surface area contributed by atoms with Crippen molar-refractivity contribution in [1.29, 1.82) is 0 Å². The molecule has 1 unspecified atom stereocenters. The van der Waals surface area contributed by atoms with Crippen LogP contribution in [-0.4, -0.2) is 25.3 Å². The number of hydrogen-bond donors (Lipinski definition) is 1. The summed E-state index contributed by atoms with van der Waals surface area (Å²) in [7, 11) is 0. The maximum atomic E-state index is 5.47. The molecule has 3 atom stereocenters. The van der Waals surface area contributed by atoms with Crippen LogP contribution in [0.25, 0.3) is 0 Å². The number of nitrogens with one attached hydrogen (secondary N) is 1. The molecular formula is C10H21NO. The van der Waals surface area contributed by atoms with Crippen molar-refractivity contribution in [3.63, 3.8) is 0 Å². The zero-order valence-corrected chi connectivity index (χ0v) is 8.63. The molecule has 1 heterocycles. The third-order valence-corrected chi connectivity index (χ3v) is 2.51. The van der Waals surface area contributed by atoms with Gasteiger partial charge in [-0.05, 0) is 11.8 Å². The number of ether oxygens (including phenoxy) is 1. The van der Waals surface area contributed by atoms with Crippen molar-refractivity contribution in [1.82, 2.24) is 5.32 Å². The SMILES string of the molecule is CC(C)NC1[C@H](C)COC[C@@H]1C. The Balaban J connectivity index is 2.45. The van der Waals surface area contributed by atoms with Crippen LogP contribution >= 0.6 is 0 Å². The van der Waals surface area contributed by atoms with Gasteiger partial charge in [0.2, 0.25) is 0 Å². The molecule has 0 aromatic carbocycles. The fraction of sp³-hybridized carbons (Fsp3) is 1.00. The Morgan fingerprint density at radius 2 is 1.67 bits per heavy atom. The molecule has 1 aliphatic rings. The van der Waals surface area contributed by atoms with Gasteiger partial charge in [-0.2, -0.15) is 0 Å². The molecule has 0 saturated carbocycles. The monoisotopic (exact) mass is 171 g/mol. The summed E-state index contributed by atoms with van der Waals surface area (Å²) in [5.74, 6) is 1.30. The van der Waals surface area contributed by atoms with Crippen molar-refractivity contribution in [3.05, 3.63) is 0 Å². The minimum Gasteiger partial charge on any atom is -0.381 e. The van der Waals surface area contributed by atoms with E-state index in [1.165, 1.54) is 0 Å². The van der Waals surface area contributed by atoms with Gasteiger partial charge in [-0.3, -0.25) is 0 Å². The van der Waals surface area contributed by atoms with Crippen LogP contribution in [0.1, 0.15) is 27.7 Å². The number of hydrogen-bond acceptors (Lipinski definition) is 2. The van der Waals surface area contributed by atoms with Crippen LogP contribution in [0, 0.1) is 11.8 Å². The molecule has 2 nitrogen and oxygen atoms in total. The largest absolute Gasteiger partial charge is 0.381 e. The van der Waals surface area contributed by atoms with Gasteiger partial charge in [-0.25, -0.2) is 0 Å². The summed E-state index contributed by atoms with van der Waals surface area (Å²) in [6.07, 6.45) is 0. The quantitative estimate of drug-likeness (QED) is 0.682. The summed E-state index contributed by atoms with van der Waals surface area (Å²) in [5.41, 5.74) is 0. The first-order valence-corrected chi connectivity index (χ1v) is 4.95. The van der Waals surface area contributed by atoms with Gasteiger partial charge >= 0.3 is 0 Å². The van der Waals surface area contributed by atoms with Gasteiger partial charge in [0.25, 0.3) is 0 Å². The lowest BCUT2D eigenvalue weighted by Crippen LogP contribution is -2.49. The fourth-order valence-electron chi connectivity index (χ4n) is 1.92. The van der Waals surface area contributed by atoms with E-state index >= 15 is 0 Å². The van der Waals surface area contributed by atoms with Gasteiger partial charge in [0.1, 0.15) is 0 Å². The zero-order chi connectivity index (χ0) is 9.14. The summed E-state index contributed by atoms with van der Waals surface area (Å²) in [4.78, 5) is 0. The van der Waals surface area contributed by atoms with Crippen molar-refractivity contribution in [2.24, 2.45) is 11.8 Å². The van der Waals surface area contributed by atoms with Crippen molar-refractivity contribution >= 4 is 0 Å². The second-order valence-corrected chi connectivity index (χ2v) is 4.34. The average Bonchev–Trinajstić information content (AvgIpc) is 1.97. The summed E-state index contributed by atoms with van der Waals surface area (Å²) in [6, 6.07) is 1.22. The highest BCUT2D eigenvalue weighted by atomic mass is 16.5. The molecule has 2 heteroatoms. The zero-order valence-electron chi connectivity index (χ0n) is 8.63. The molecule has 1 aliphatic heterocycles. The standard InChI is InChI=1S/C10H21NO/c1-7(2)11-10-8(3)5-12-6-9(10)4/h7-11H,5-6H2,1-4H3/t8-,9+,10?. The maximum absolute atomic E-state index is 5.47. The van der Waals surface area contributed by atoms with E-state index in [9.17, 15) is 0 Å². The Morgan fingerprint density at radius 3 is 2.08 bits per heavy atom. The molecule has 1 fully saturated rings. The second kappa shape index (κ2) is 4.24. The van der Waals surface area contributed by atoms with E-state index in [-0.39, 0.29) is 0 Å². The molecule has 0 spiro atoms. The third kappa shape index (κ3) is 2.46. The molecule has 0 bridgehead atoms. The van der Waals surface area contributed by atoms with E-state index in [2.05, 4.69) is 33.0 Å². The molecule has 0 amide bonds. The highest BCUT2D eigenvalue weighted by Gasteiger charge is 2.28. The van der Waals surface area contributed by atoms with Crippen LogP contribution in [0.3, 0.4) is 0 Å². The van der Waals surface area contributed by atoms with Gasteiger partial charge in [-0.15, -0.1) is 0 Å². The Bertz CT molecular complexity index is 126. The summed E-state index contributed by atoms with van der Waals surface area (Å²) >= 11 is 0. The van der Waals surface area contributed by atoms with Crippen LogP contribution in [0.15, 0.2) is 0 Å². The normalized spacial score (nSPS) is 37.2. The molecule has 0 radical (unpaired) electrons. The Morgan fingerprint density at radius 1 is 1.17 bits per heavy atom. The average molecular weight is 171 g/mol. The predicted molar refractivity (Wildman–Crippen MR) is 51.2 cm³/mol. The minimum absolute atomic E-state index is 0.581. The van der Waals surface area contributed by atoms with E-state index in [1.807, 2.05) is 0 Å². The Labute approximate surface area is 75.7 Å². The van der Waals surface area contributed by atoms with Crippen molar-refractivity contribution in [2.75, 3.05) is 13.2 Å². The molecular weight excluding hydrogens is 150 g/mol. The Kier molecular flexibility index (Phi) is 3.53. The van der Waals surface area contributed by atoms with Gasteiger partial charge < -0.3 is 10.1 Å². The summed E-state index contributed by atoms with van der Waals surface area (Å²) in [5, 5.41) is 3.60. The molecule has 1 saturated heterocycles. The van der Waals surface area contributed by atoms with Crippen molar-refractivity contribution in [3.8, 4) is 0 Å². The van der Waals surface area contributed by atoms with E-state index in [0.29, 0.717) is 23.9 Å². The van der Waals surface area contributed by atoms with E-state index in [4.69, 9.17) is 4.74 Å². The lowest BCUT2D eigenvalue weighted by Gasteiger charge is -2.36. The van der Waals surface area contributed by atoms with Gasteiger partial charge in [0, 0.05) is 12.1 Å². The smallest absolute Gasteiger partial charge is 0.0506 e. The van der Waals surface area contributed by atoms with Crippen LogP contribution < -0.4 is 5.32 Å². The van der Waals surface area contributed by atoms with E-state index in [1.54, 1.807) is 0 Å². The maximum Gasteiger partial charge on any atom is 0.0506 e. The van der Waals surface area contributed by atoms with E-state index in [0.717, 1.165) is 13.2 Å². The topological polar surface area (TPSA) is 21.3 Å². The highest BCUT2D eigenvalue weighted by molar-refractivity contribution is 4.82. The molecule has 1 N–H and O–H groups in total. The van der Waals surface area contributed by atoms with Gasteiger partial charge in [0.05, 0.1) is 13.2 Å². The third-order valence-electron chi connectivity index (χ3n) is 2.51. The highest BCUT2D eigenvalue weighted by Crippen LogP contribution is 2.19. The van der Waals surface area contributed by atoms with E-state index < -0.39 is 0 Å². The van der Waals surface area contributed by atoms with Gasteiger partial charge in [0.15, 0.2) is 0 Å². The van der Waals surface area contributed by atoms with Crippen LogP contribution in [0.5, 0.6) is 0 Å². The summed E-state index contributed by atoms with van der Waals surface area (Å²) in [6.45, 7) is 10.7. The molecule has 1 rings (SSSR count). The first-order chi connectivity index (χ1) is 5.61. The number of rotatable bonds is 2. The molecule has 0 aromatic heterocycles. The molecule has 72 valence electrons. The molecule has 0 aromatic rings. The first kappa shape index (κ1) is 10.0. The van der Waals surface area contributed by atoms with Crippen molar-refractivity contribution < 1.29 is 4.74 Å². The van der Waals surface area contributed by atoms with Gasteiger partial charge in [-0.1, -0.05) is 27.7 Å². The first-order valence-electron chi connectivity index (χ1n) is 4.95. The second-order valence-electron chi connectivity index (χ2n) is 4.34. The summed E-state index contributed by atoms with van der Waals surface area (Å²) < 4.78 is 5.47. The van der Waals surface area contributed by atoms with Crippen LogP contribution in [0.4, 0.5) is 0 Å². The van der Waals surface area contributed by atoms with Crippen molar-refractivity contribution in [2.45, 2.75) is 39.8 Å². The lowest BCUT2D eigenvalue weighted by atomic mass is 9.89.